The molecule has 0 saturated carbocycles. The van der Waals surface area contributed by atoms with Crippen LogP contribution in [0.1, 0.15) is 24.3 Å². The number of nitrogens with one attached hydrogen (secondary N) is 1. The van der Waals surface area contributed by atoms with Crippen LogP contribution in [0, 0.1) is 0 Å². The van der Waals surface area contributed by atoms with Crippen LogP contribution < -0.4 is 0 Å². The van der Waals surface area contributed by atoms with Gasteiger partial charge in [-0.2, -0.15) is 0 Å². The molecule has 4 rings (SSSR count). The number of hydrogen-bond acceptors (Lipinski definition) is 4. The van der Waals surface area contributed by atoms with Crippen molar-refractivity contribution in [2.75, 3.05) is 46.6 Å². The van der Waals surface area contributed by atoms with E-state index in [1.807, 2.05) is 18.5 Å². The number of likely N-dealkylation sites (tertiary alicyclic amines) is 1. The minimum absolute atomic E-state index is 0.648. The summed E-state index contributed by atoms with van der Waals surface area (Å²) in [7, 11) is 1.71. The number of H-pyrrole nitrogens is 1. The number of pyridine rings is 1. The number of aromatic nitrogens is 2. The van der Waals surface area contributed by atoms with Gasteiger partial charge < -0.3 is 19.4 Å². The molecule has 0 radical (unpaired) electrons. The highest BCUT2D eigenvalue weighted by atomic mass is 16.5. The van der Waals surface area contributed by atoms with Crippen molar-refractivity contribution in [2.45, 2.75) is 18.8 Å². The molecule has 5 nitrogen and oxygen atoms in total. The van der Waals surface area contributed by atoms with Crippen molar-refractivity contribution in [3.63, 3.8) is 0 Å². The van der Waals surface area contributed by atoms with Crippen LogP contribution in [0.25, 0.3) is 21.8 Å². The third-order valence-electron chi connectivity index (χ3n) is 5.47. The number of hydrogen-bond donors (Lipinski definition) is 1. The summed E-state index contributed by atoms with van der Waals surface area (Å²) in [5.41, 5.74) is 3.84. The first-order valence-electron chi connectivity index (χ1n) is 9.49. The molecule has 3 heterocycles. The van der Waals surface area contributed by atoms with Gasteiger partial charge in [0.25, 0.3) is 0 Å². The van der Waals surface area contributed by atoms with Crippen molar-refractivity contribution >= 4 is 21.8 Å². The highest BCUT2D eigenvalue weighted by Crippen LogP contribution is 2.32. The van der Waals surface area contributed by atoms with E-state index in [4.69, 9.17) is 9.47 Å². The van der Waals surface area contributed by atoms with Gasteiger partial charge in [-0.05, 0) is 49.5 Å². The summed E-state index contributed by atoms with van der Waals surface area (Å²) >= 11 is 0. The van der Waals surface area contributed by atoms with Crippen LogP contribution in [0.4, 0.5) is 0 Å². The Kier molecular flexibility index (Phi) is 5.48. The number of nitrogens with zero attached hydrogens (tertiary/aromatic N) is 2. The van der Waals surface area contributed by atoms with E-state index < -0.39 is 0 Å². The number of piperidine rings is 1. The molecule has 1 aromatic carbocycles. The minimum atomic E-state index is 0.648. The Bertz CT molecular complexity index is 853. The van der Waals surface area contributed by atoms with Gasteiger partial charge in [-0.15, -0.1) is 0 Å². The summed E-state index contributed by atoms with van der Waals surface area (Å²) in [5, 5.41) is 2.47. The van der Waals surface area contributed by atoms with Crippen LogP contribution in [0.2, 0.25) is 0 Å². The molecule has 1 aliphatic rings. The van der Waals surface area contributed by atoms with Gasteiger partial charge in [0.05, 0.1) is 19.8 Å². The summed E-state index contributed by atoms with van der Waals surface area (Å²) < 4.78 is 10.6. The molecular weight excluding hydrogens is 326 g/mol. The fourth-order valence-corrected chi connectivity index (χ4v) is 3.95. The SMILES string of the molecule is COCCOCCN1CCC(c2ccc3c(c2)[nH]c2ccncc23)CC1. The smallest absolute Gasteiger partial charge is 0.0700 e. The minimum Gasteiger partial charge on any atom is -0.382 e. The number of rotatable bonds is 7. The van der Waals surface area contributed by atoms with E-state index in [1.54, 1.807) is 7.11 Å². The first-order valence-corrected chi connectivity index (χ1v) is 9.49. The van der Waals surface area contributed by atoms with Gasteiger partial charge in [-0.25, -0.2) is 0 Å². The second-order valence-corrected chi connectivity index (χ2v) is 7.07. The Morgan fingerprint density at radius 2 is 1.96 bits per heavy atom. The van der Waals surface area contributed by atoms with Gasteiger partial charge in [0.2, 0.25) is 0 Å². The summed E-state index contributed by atoms with van der Waals surface area (Å²) in [6.45, 7) is 5.47. The number of methoxy groups -OCH3 is 1. The third kappa shape index (κ3) is 3.75. The standard InChI is InChI=1S/C21H27N3O2/c1-25-12-13-26-11-10-24-8-5-16(6-9-24)17-2-3-18-19-15-22-7-4-20(19)23-21(18)14-17/h2-4,7,14-16,23H,5-6,8-13H2,1H3. The van der Waals surface area contributed by atoms with E-state index in [0.29, 0.717) is 19.1 Å². The molecule has 0 bridgehead atoms. The zero-order valence-corrected chi connectivity index (χ0v) is 15.4. The Hall–Kier alpha value is -1.95. The molecule has 0 unspecified atom stereocenters. The number of fused-ring (bicyclic) bond motifs is 3. The molecule has 0 spiro atoms. The van der Waals surface area contributed by atoms with Crippen molar-refractivity contribution in [1.82, 2.24) is 14.9 Å². The van der Waals surface area contributed by atoms with Gasteiger partial charge in [0.1, 0.15) is 0 Å². The molecule has 0 aliphatic carbocycles. The normalized spacial score (nSPS) is 16.7. The van der Waals surface area contributed by atoms with E-state index in [1.165, 1.54) is 34.7 Å². The molecule has 0 atom stereocenters. The number of benzene rings is 1. The van der Waals surface area contributed by atoms with E-state index in [2.05, 4.69) is 33.1 Å². The van der Waals surface area contributed by atoms with E-state index >= 15 is 0 Å². The summed E-state index contributed by atoms with van der Waals surface area (Å²) in [5.74, 6) is 0.648. The molecule has 1 fully saturated rings. The molecule has 3 aromatic rings. The average Bonchev–Trinajstić information content (AvgIpc) is 3.06. The van der Waals surface area contributed by atoms with Crippen molar-refractivity contribution in [3.8, 4) is 0 Å². The van der Waals surface area contributed by atoms with E-state index in [-0.39, 0.29) is 0 Å². The highest BCUT2D eigenvalue weighted by molar-refractivity contribution is 6.06. The van der Waals surface area contributed by atoms with Gasteiger partial charge >= 0.3 is 0 Å². The lowest BCUT2D eigenvalue weighted by Gasteiger charge is -2.32. The lowest BCUT2D eigenvalue weighted by molar-refractivity contribution is 0.0532. The topological polar surface area (TPSA) is 50.4 Å². The molecule has 138 valence electrons. The van der Waals surface area contributed by atoms with Crippen molar-refractivity contribution in [2.24, 2.45) is 0 Å². The lowest BCUT2D eigenvalue weighted by atomic mass is 9.89. The summed E-state index contributed by atoms with van der Waals surface area (Å²) in [6.07, 6.45) is 6.21. The number of aromatic amines is 1. The molecule has 2 aromatic heterocycles. The van der Waals surface area contributed by atoms with Crippen LogP contribution in [0.5, 0.6) is 0 Å². The molecule has 1 N–H and O–H groups in total. The summed E-state index contributed by atoms with van der Waals surface area (Å²) in [4.78, 5) is 10.3. The van der Waals surface area contributed by atoms with Gasteiger partial charge in [0, 0.05) is 47.9 Å². The monoisotopic (exact) mass is 353 g/mol. The van der Waals surface area contributed by atoms with Crippen LogP contribution in [0.15, 0.2) is 36.7 Å². The van der Waals surface area contributed by atoms with Crippen LogP contribution >= 0.6 is 0 Å². The van der Waals surface area contributed by atoms with Crippen LogP contribution in [-0.2, 0) is 9.47 Å². The second kappa shape index (κ2) is 8.16. The maximum absolute atomic E-state index is 5.59. The Labute approximate surface area is 154 Å². The molecule has 5 heteroatoms. The molecule has 1 aliphatic heterocycles. The van der Waals surface area contributed by atoms with Crippen molar-refractivity contribution in [1.29, 1.82) is 0 Å². The summed E-state index contributed by atoms with van der Waals surface area (Å²) in [6, 6.07) is 8.93. The molecule has 1 saturated heterocycles. The first-order chi connectivity index (χ1) is 12.8. The average molecular weight is 353 g/mol. The van der Waals surface area contributed by atoms with Crippen LogP contribution in [-0.4, -0.2) is 61.4 Å². The fraction of sp³-hybridized carbons (Fsp3) is 0.476. The largest absolute Gasteiger partial charge is 0.382 e. The lowest BCUT2D eigenvalue weighted by Crippen LogP contribution is -2.35. The third-order valence-corrected chi connectivity index (χ3v) is 5.47. The zero-order chi connectivity index (χ0) is 17.8. The maximum Gasteiger partial charge on any atom is 0.0700 e. The predicted octanol–water partition coefficient (Wildman–Crippen LogP) is 3.56. The molecule has 0 amide bonds. The maximum atomic E-state index is 5.59. The molecule has 26 heavy (non-hydrogen) atoms. The Morgan fingerprint density at radius 1 is 1.08 bits per heavy atom. The zero-order valence-electron chi connectivity index (χ0n) is 15.4. The first kappa shape index (κ1) is 17.5. The van der Waals surface area contributed by atoms with Crippen LogP contribution in [0.3, 0.4) is 0 Å². The number of ether oxygens (including phenoxy) is 2. The van der Waals surface area contributed by atoms with Gasteiger partial charge in [0.15, 0.2) is 0 Å². The van der Waals surface area contributed by atoms with Gasteiger partial charge in [-0.3, -0.25) is 4.98 Å². The van der Waals surface area contributed by atoms with Crippen molar-refractivity contribution < 1.29 is 9.47 Å². The van der Waals surface area contributed by atoms with Crippen molar-refractivity contribution in [3.05, 3.63) is 42.2 Å². The Morgan fingerprint density at radius 3 is 2.81 bits per heavy atom. The molecular formula is C21H27N3O2. The van der Waals surface area contributed by atoms with Gasteiger partial charge in [-0.1, -0.05) is 12.1 Å². The van der Waals surface area contributed by atoms with E-state index in [0.717, 1.165) is 31.8 Å². The Balaban J connectivity index is 1.36. The fourth-order valence-electron chi connectivity index (χ4n) is 3.95. The predicted molar refractivity (Wildman–Crippen MR) is 105 cm³/mol. The van der Waals surface area contributed by atoms with E-state index in [9.17, 15) is 0 Å². The quantitative estimate of drug-likeness (QED) is 0.660. The highest BCUT2D eigenvalue weighted by Gasteiger charge is 2.21. The second-order valence-electron chi connectivity index (χ2n) is 7.07.